The van der Waals surface area contributed by atoms with Crippen molar-refractivity contribution in [2.45, 2.75) is 120 Å². The maximum Gasteiger partial charge on any atom is 0.340 e. The maximum absolute atomic E-state index is 15.6. The molecule has 10 unspecified atom stereocenters. The molecule has 3 N–H and O–H groups in total. The lowest BCUT2D eigenvalue weighted by Crippen LogP contribution is -2.66. The molecule has 388 valence electrons. The van der Waals surface area contributed by atoms with E-state index in [4.69, 9.17) is 23.4 Å². The molecule has 3 aliphatic carbocycles. The summed E-state index contributed by atoms with van der Waals surface area (Å²) in [7, 11) is 1.51. The second-order valence-electron chi connectivity index (χ2n) is 21.6. The molecule has 11 nitrogen and oxygen atoms in total. The number of carbonyl (C=O) groups is 2. The van der Waals surface area contributed by atoms with E-state index in [-0.39, 0.29) is 90.9 Å². The summed E-state index contributed by atoms with van der Waals surface area (Å²) in [6, 6.07) is 29.1. The molecule has 5 aromatic rings. The van der Waals surface area contributed by atoms with Crippen molar-refractivity contribution in [1.29, 1.82) is 0 Å². The lowest BCUT2D eigenvalue weighted by atomic mass is 9.58. The van der Waals surface area contributed by atoms with Gasteiger partial charge in [-0.05, 0) is 120 Å². The van der Waals surface area contributed by atoms with Gasteiger partial charge in [0.25, 0.3) is 0 Å². The minimum absolute atomic E-state index is 0.00220. The molecule has 11 rings (SSSR count). The standard InChI is InChI=1S/C64H66O11/c1-38(35-66)49-23-18-40-19-24-50-45(31-40)15-9-16-48-22-20-42-13-6-7-17-54(42)64(48)61(74-62(49)69)60(58-55(75-64)27-26-52-53(36-67)57(63(70)73-59(52)58)46(28-29-65)37-71-2)72-56(68)34-47-33-44(21-25-51(47)50)43-14-8-12-41(32-43)30-39-10-4-3-5-11-39/h3-5,8,10-12,14,19-22,24-27,31-32,42,44,46-48,51,54,60-61,65-67H,6-7,13,15,17-18,23,28-30,33-37H2,1-2H3. The van der Waals surface area contributed by atoms with Gasteiger partial charge in [-0.15, -0.1) is 0 Å². The van der Waals surface area contributed by atoms with Crippen LogP contribution < -0.4 is 10.4 Å². The van der Waals surface area contributed by atoms with Gasteiger partial charge in [-0.3, -0.25) is 4.79 Å². The van der Waals surface area contributed by atoms with Crippen molar-refractivity contribution in [2.75, 3.05) is 26.9 Å². The van der Waals surface area contributed by atoms with E-state index in [1.807, 2.05) is 6.07 Å². The summed E-state index contributed by atoms with van der Waals surface area (Å²) in [6.45, 7) is 0.655. The zero-order chi connectivity index (χ0) is 51.8. The molecule has 3 aliphatic heterocycles. The molecule has 75 heavy (non-hydrogen) atoms. The maximum atomic E-state index is 15.6. The summed E-state index contributed by atoms with van der Waals surface area (Å²) in [5.41, 5.74) is 6.06. The molecule has 1 spiro atoms. The highest BCUT2D eigenvalue weighted by molar-refractivity contribution is 5.90. The predicted molar refractivity (Wildman–Crippen MR) is 284 cm³/mol. The number of hydrogen-bond donors (Lipinski definition) is 3. The van der Waals surface area contributed by atoms with Crippen LogP contribution in [0, 0.1) is 35.5 Å². The van der Waals surface area contributed by atoms with Crippen LogP contribution in [0.15, 0.2) is 130 Å². The zero-order valence-corrected chi connectivity index (χ0v) is 42.8. The average molecular weight is 1010 g/mol. The zero-order valence-electron chi connectivity index (χ0n) is 42.8. The Labute approximate surface area is 438 Å². The largest absolute Gasteiger partial charge is 0.481 e. The minimum atomic E-state index is -1.40. The Morgan fingerprint density at radius 2 is 1.72 bits per heavy atom. The highest BCUT2D eigenvalue weighted by Crippen LogP contribution is 2.58. The molecular formula is C64H66O11. The Morgan fingerprint density at radius 1 is 0.880 bits per heavy atom. The van der Waals surface area contributed by atoms with Crippen LogP contribution in [0.25, 0.3) is 11.0 Å². The van der Waals surface area contributed by atoms with Crippen LogP contribution in [0.5, 0.6) is 5.75 Å². The number of methoxy groups -OCH3 is 1. The first-order valence-electron chi connectivity index (χ1n) is 26.9. The van der Waals surface area contributed by atoms with E-state index >= 15 is 9.59 Å². The minimum Gasteiger partial charge on any atom is -0.481 e. The second kappa shape index (κ2) is 21.6. The monoisotopic (exact) mass is 1010 g/mol. The van der Waals surface area contributed by atoms with Crippen molar-refractivity contribution in [2.24, 2.45) is 23.7 Å². The van der Waals surface area contributed by atoms with E-state index < -0.39 is 53.8 Å². The van der Waals surface area contributed by atoms with E-state index in [1.54, 1.807) is 19.1 Å². The summed E-state index contributed by atoms with van der Waals surface area (Å²) in [4.78, 5) is 45.5. The number of aryl methyl sites for hydroxylation is 1. The van der Waals surface area contributed by atoms with Crippen molar-refractivity contribution in [3.63, 3.8) is 0 Å². The van der Waals surface area contributed by atoms with Crippen molar-refractivity contribution >= 4 is 22.9 Å². The summed E-state index contributed by atoms with van der Waals surface area (Å²) < 4.78 is 33.5. The molecule has 11 heteroatoms. The number of fused-ring (bicyclic) bond motifs is 9. The number of rotatable bonds is 10. The van der Waals surface area contributed by atoms with Gasteiger partial charge in [0.2, 0.25) is 0 Å². The number of hydrogen-bond acceptors (Lipinski definition) is 11. The Balaban J connectivity index is 1.13. The van der Waals surface area contributed by atoms with Gasteiger partial charge in [0.05, 0.1) is 31.3 Å². The second-order valence-corrected chi connectivity index (χ2v) is 21.6. The van der Waals surface area contributed by atoms with Gasteiger partial charge in [-0.2, -0.15) is 0 Å². The quantitative estimate of drug-likeness (QED) is 0.0402. The van der Waals surface area contributed by atoms with E-state index in [0.29, 0.717) is 41.5 Å². The van der Waals surface area contributed by atoms with Gasteiger partial charge in [0.15, 0.2) is 17.8 Å². The molecule has 1 aromatic heterocycles. The smallest absolute Gasteiger partial charge is 0.340 e. The molecule has 6 aliphatic rings. The third-order valence-electron chi connectivity index (χ3n) is 17.3. The number of aliphatic hydroxyl groups excluding tert-OH is 3. The lowest BCUT2D eigenvalue weighted by Gasteiger charge is -2.56. The normalized spacial score (nSPS) is 27.9. The van der Waals surface area contributed by atoms with Gasteiger partial charge in [0, 0.05) is 66.8 Å². The van der Waals surface area contributed by atoms with Crippen LogP contribution in [0.3, 0.4) is 0 Å². The van der Waals surface area contributed by atoms with Crippen LogP contribution in [0.1, 0.15) is 132 Å². The number of carbonyl (C=O) groups excluding carboxylic acids is 2. The number of allylic oxidation sites excluding steroid dienone is 3. The number of esters is 2. The van der Waals surface area contributed by atoms with Gasteiger partial charge in [-0.25, -0.2) is 9.59 Å². The molecule has 4 heterocycles. The number of ether oxygens (including phenoxy) is 4. The molecule has 0 saturated heterocycles. The summed E-state index contributed by atoms with van der Waals surface area (Å²) >= 11 is 0. The van der Waals surface area contributed by atoms with E-state index in [9.17, 15) is 20.1 Å². The lowest BCUT2D eigenvalue weighted by molar-refractivity contribution is -0.214. The van der Waals surface area contributed by atoms with E-state index in [2.05, 4.69) is 103 Å². The molecule has 0 radical (unpaired) electrons. The van der Waals surface area contributed by atoms with Crippen LogP contribution in [0.2, 0.25) is 0 Å². The molecule has 0 amide bonds. The van der Waals surface area contributed by atoms with E-state index in [0.717, 1.165) is 54.4 Å². The summed E-state index contributed by atoms with van der Waals surface area (Å²) in [5.74, 6) is 4.51. The van der Waals surface area contributed by atoms with Crippen LogP contribution >= 0.6 is 0 Å². The van der Waals surface area contributed by atoms with Gasteiger partial charge in [0.1, 0.15) is 11.3 Å². The van der Waals surface area contributed by atoms with Crippen LogP contribution in [0.4, 0.5) is 0 Å². The molecular weight excluding hydrogens is 945 g/mol. The Kier molecular flexibility index (Phi) is 14.6. The SMILES string of the molecule is COCC(CCO)c1c(CO)c2ccc3c(c2oc1=O)C1OC(=O)CC2CC(c4cccc(Cc5ccccc5)c4)C=CC2c2ccc4cc2CC#CC2C=CC5CCCCC5C2(O3)C1OC(=O)C(=C(C)CO)CC4. The summed E-state index contributed by atoms with van der Waals surface area (Å²) in [5, 5.41) is 32.3. The van der Waals surface area contributed by atoms with Crippen molar-refractivity contribution in [3.05, 3.63) is 181 Å². The fourth-order valence-corrected chi connectivity index (χ4v) is 13.7. The first-order valence-corrected chi connectivity index (χ1v) is 26.9. The fraction of sp³-hybridized carbons (Fsp3) is 0.422. The molecule has 1 saturated carbocycles. The average Bonchev–Trinajstić information content (AvgIpc) is 3.42. The van der Waals surface area contributed by atoms with Crippen molar-refractivity contribution < 1.29 is 48.3 Å². The molecule has 1 fully saturated rings. The third-order valence-corrected chi connectivity index (χ3v) is 17.3. The summed E-state index contributed by atoms with van der Waals surface area (Å²) in [6.07, 6.45) is 12.4. The van der Waals surface area contributed by atoms with Crippen molar-refractivity contribution in [3.8, 4) is 17.6 Å². The molecule has 5 bridgehead atoms. The van der Waals surface area contributed by atoms with Gasteiger partial charge < -0.3 is 38.7 Å². The van der Waals surface area contributed by atoms with E-state index in [1.165, 1.54) is 18.2 Å². The first-order chi connectivity index (χ1) is 36.6. The first kappa shape index (κ1) is 50.6. The predicted octanol–water partition coefficient (Wildman–Crippen LogP) is 9.96. The van der Waals surface area contributed by atoms with Gasteiger partial charge >= 0.3 is 17.6 Å². The van der Waals surface area contributed by atoms with Crippen molar-refractivity contribution in [1.82, 2.24) is 0 Å². The highest BCUT2D eigenvalue weighted by Gasteiger charge is 2.65. The molecule has 4 aromatic carbocycles. The Bertz CT molecular complexity index is 3200. The highest BCUT2D eigenvalue weighted by atomic mass is 16.6. The third kappa shape index (κ3) is 9.49. The topological polar surface area (TPSA) is 162 Å². The number of aliphatic hydroxyl groups is 3. The fourth-order valence-electron chi connectivity index (χ4n) is 13.7. The van der Waals surface area contributed by atoms with Crippen LogP contribution in [-0.2, 0) is 49.7 Å². The van der Waals surface area contributed by atoms with Crippen LogP contribution in [-0.4, -0.2) is 65.9 Å². The Hall–Kier alpha value is -6.55. The molecule has 10 atom stereocenters. The van der Waals surface area contributed by atoms with Gasteiger partial charge in [-0.1, -0.05) is 122 Å². The Morgan fingerprint density at radius 3 is 2.53 bits per heavy atom. The number of benzene rings is 4.